The maximum absolute atomic E-state index is 9.83. The van der Waals surface area contributed by atoms with Gasteiger partial charge in [-0.05, 0) is 40.5 Å². The number of nitrogens with zero attached hydrogens (tertiary/aromatic N) is 2. The van der Waals surface area contributed by atoms with E-state index in [2.05, 4.69) is 20.9 Å². The van der Waals surface area contributed by atoms with Gasteiger partial charge in [0.15, 0.2) is 0 Å². The van der Waals surface area contributed by atoms with Gasteiger partial charge < -0.3 is 9.94 Å². The minimum Gasteiger partial charge on any atom is -0.436 e. The Hall–Kier alpha value is -1.24. The number of halogens is 3. The smallest absolute Gasteiger partial charge is 0.259 e. The predicted molar refractivity (Wildman–Crippen MR) is 83.5 cm³/mol. The fourth-order valence-electron chi connectivity index (χ4n) is 1.72. The van der Waals surface area contributed by atoms with Crippen LogP contribution in [0.25, 0.3) is 0 Å². The molecule has 2 aromatic rings. The van der Waals surface area contributed by atoms with E-state index in [1.807, 2.05) is 6.92 Å². The molecule has 2 N–H and O–H groups in total. The summed E-state index contributed by atoms with van der Waals surface area (Å²) in [7, 11) is 0. The van der Waals surface area contributed by atoms with Gasteiger partial charge in [-0.1, -0.05) is 36.5 Å². The van der Waals surface area contributed by atoms with E-state index in [9.17, 15) is 5.21 Å². The van der Waals surface area contributed by atoms with Crippen LogP contribution in [0.15, 0.2) is 22.7 Å². The topological polar surface area (TPSA) is 71.1 Å². The van der Waals surface area contributed by atoms with Crippen LogP contribution in [-0.4, -0.2) is 14.9 Å². The van der Waals surface area contributed by atoms with Crippen molar-refractivity contribution in [2.75, 3.05) is 0 Å². The number of aromatic nitrogens is 2. The molecule has 0 unspecified atom stereocenters. The van der Waals surface area contributed by atoms with Crippen molar-refractivity contribution < 1.29 is 9.94 Å². The Balaban J connectivity index is 2.47. The van der Waals surface area contributed by atoms with Gasteiger partial charge in [-0.2, -0.15) is 9.71 Å². The lowest BCUT2D eigenvalue weighted by molar-refractivity contribution is 0.152. The third-order valence-electron chi connectivity index (χ3n) is 2.69. The summed E-state index contributed by atoms with van der Waals surface area (Å²) >= 11 is 15.2. The maximum Gasteiger partial charge on any atom is 0.259 e. The summed E-state index contributed by atoms with van der Waals surface area (Å²) < 4.78 is 6.83. The Bertz CT molecular complexity index is 734. The molecular weight excluding hydrogens is 381 g/mol. The zero-order valence-corrected chi connectivity index (χ0v) is 14.1. The normalized spacial score (nSPS) is 10.7. The predicted octanol–water partition coefficient (Wildman–Crippen LogP) is 4.41. The Morgan fingerprint density at radius 1 is 1.43 bits per heavy atom. The summed E-state index contributed by atoms with van der Waals surface area (Å²) in [6.45, 7) is 1.97. The Labute approximate surface area is 139 Å². The maximum atomic E-state index is 9.83. The molecule has 8 heteroatoms. The van der Waals surface area contributed by atoms with Gasteiger partial charge in [-0.25, -0.2) is 0 Å². The fraction of sp³-hybridized carbons (Fsp3) is 0.231. The highest BCUT2D eigenvalue weighted by Gasteiger charge is 2.16. The second-order valence-corrected chi connectivity index (χ2v) is 5.88. The number of nitrogens with one attached hydrogen (secondary N) is 1. The molecule has 112 valence electrons. The van der Waals surface area contributed by atoms with Gasteiger partial charge in [-0.3, -0.25) is 5.41 Å². The van der Waals surface area contributed by atoms with Crippen molar-refractivity contribution in [2.24, 2.45) is 0 Å². The standard InChI is InChI=1S/C13H12BrCl2N3O2/c1-2-3-9-11(14)12(18-13(17)19(9)20)21-10-5-4-7(15)6-8(10)16/h4-6,17,20H,2-3H2,1H3. The van der Waals surface area contributed by atoms with Crippen LogP contribution in [0.4, 0.5) is 0 Å². The fourth-order valence-corrected chi connectivity index (χ4v) is 2.70. The van der Waals surface area contributed by atoms with Crippen molar-refractivity contribution in [1.29, 1.82) is 5.41 Å². The molecule has 0 radical (unpaired) electrons. The van der Waals surface area contributed by atoms with E-state index in [1.165, 1.54) is 0 Å². The highest BCUT2D eigenvalue weighted by atomic mass is 79.9. The molecule has 2 rings (SSSR count). The van der Waals surface area contributed by atoms with Crippen molar-refractivity contribution >= 4 is 39.1 Å². The molecule has 0 spiro atoms. The molecule has 1 aromatic carbocycles. The molecular formula is C13H12BrCl2N3O2. The van der Waals surface area contributed by atoms with Crippen molar-refractivity contribution in [3.05, 3.63) is 44.0 Å². The van der Waals surface area contributed by atoms with E-state index in [-0.39, 0.29) is 11.5 Å². The van der Waals surface area contributed by atoms with E-state index < -0.39 is 0 Å². The molecule has 0 aliphatic carbocycles. The van der Waals surface area contributed by atoms with Crippen LogP contribution in [0.5, 0.6) is 11.6 Å². The van der Waals surface area contributed by atoms with Crippen LogP contribution in [-0.2, 0) is 6.42 Å². The minimum atomic E-state index is -0.318. The second-order valence-electron chi connectivity index (χ2n) is 4.24. The Morgan fingerprint density at radius 2 is 2.14 bits per heavy atom. The van der Waals surface area contributed by atoms with E-state index in [0.717, 1.165) is 11.2 Å². The van der Waals surface area contributed by atoms with Gasteiger partial charge in [0.2, 0.25) is 5.88 Å². The molecule has 5 nitrogen and oxygen atoms in total. The van der Waals surface area contributed by atoms with Gasteiger partial charge >= 0.3 is 0 Å². The summed E-state index contributed by atoms with van der Waals surface area (Å²) in [4.78, 5) is 3.89. The molecule has 0 aliphatic heterocycles. The monoisotopic (exact) mass is 391 g/mol. The van der Waals surface area contributed by atoms with Crippen LogP contribution in [0.1, 0.15) is 19.0 Å². The molecule has 0 saturated carbocycles. The summed E-state index contributed by atoms with van der Waals surface area (Å²) in [5, 5.41) is 18.3. The molecule has 0 saturated heterocycles. The third-order valence-corrected chi connectivity index (χ3v) is 4.02. The largest absolute Gasteiger partial charge is 0.436 e. The zero-order chi connectivity index (χ0) is 15.6. The zero-order valence-electron chi connectivity index (χ0n) is 11.0. The summed E-state index contributed by atoms with van der Waals surface area (Å²) in [5.74, 6) is 0.532. The van der Waals surface area contributed by atoms with Crippen LogP contribution in [0.3, 0.4) is 0 Å². The van der Waals surface area contributed by atoms with Crippen molar-refractivity contribution in [1.82, 2.24) is 9.71 Å². The molecule has 0 atom stereocenters. The first kappa shape index (κ1) is 16.1. The van der Waals surface area contributed by atoms with E-state index in [4.69, 9.17) is 33.3 Å². The lowest BCUT2D eigenvalue weighted by Crippen LogP contribution is -2.25. The van der Waals surface area contributed by atoms with E-state index >= 15 is 0 Å². The van der Waals surface area contributed by atoms with Crippen LogP contribution < -0.4 is 10.4 Å². The lowest BCUT2D eigenvalue weighted by atomic mass is 10.2. The summed E-state index contributed by atoms with van der Waals surface area (Å²) in [6.07, 6.45) is 1.36. The van der Waals surface area contributed by atoms with Crippen LogP contribution >= 0.6 is 39.1 Å². The van der Waals surface area contributed by atoms with Gasteiger partial charge in [0.05, 0.1) is 10.7 Å². The average Bonchev–Trinajstić information content (AvgIpc) is 2.43. The van der Waals surface area contributed by atoms with Gasteiger partial charge in [-0.15, -0.1) is 0 Å². The number of hydrogen-bond donors (Lipinski definition) is 2. The Morgan fingerprint density at radius 3 is 2.76 bits per heavy atom. The first-order valence-corrected chi connectivity index (χ1v) is 7.67. The van der Waals surface area contributed by atoms with Crippen molar-refractivity contribution in [2.45, 2.75) is 19.8 Å². The van der Waals surface area contributed by atoms with Crippen LogP contribution in [0, 0.1) is 5.41 Å². The number of rotatable bonds is 4. The number of benzene rings is 1. The first-order chi connectivity index (χ1) is 9.93. The third kappa shape index (κ3) is 3.51. The molecule has 21 heavy (non-hydrogen) atoms. The summed E-state index contributed by atoms with van der Waals surface area (Å²) in [5.41, 5.74) is 0.194. The molecule has 1 heterocycles. The number of hydrogen-bond acceptors (Lipinski definition) is 4. The van der Waals surface area contributed by atoms with Gasteiger partial charge in [0.25, 0.3) is 5.62 Å². The highest BCUT2D eigenvalue weighted by molar-refractivity contribution is 9.10. The van der Waals surface area contributed by atoms with E-state index in [0.29, 0.717) is 32.4 Å². The first-order valence-electron chi connectivity index (χ1n) is 6.12. The van der Waals surface area contributed by atoms with Gasteiger partial charge in [0.1, 0.15) is 10.2 Å². The minimum absolute atomic E-state index is 0.165. The lowest BCUT2D eigenvalue weighted by Gasteiger charge is -2.13. The molecule has 1 aromatic heterocycles. The highest BCUT2D eigenvalue weighted by Crippen LogP contribution is 2.34. The number of ether oxygens (including phenoxy) is 1. The van der Waals surface area contributed by atoms with Crippen molar-refractivity contribution in [3.63, 3.8) is 0 Å². The quantitative estimate of drug-likeness (QED) is 0.756. The van der Waals surface area contributed by atoms with Crippen molar-refractivity contribution in [3.8, 4) is 11.6 Å². The van der Waals surface area contributed by atoms with Gasteiger partial charge in [0, 0.05) is 5.02 Å². The molecule has 0 bridgehead atoms. The second kappa shape index (κ2) is 6.68. The van der Waals surface area contributed by atoms with E-state index in [1.54, 1.807) is 18.2 Å². The summed E-state index contributed by atoms with van der Waals surface area (Å²) in [6, 6.07) is 4.80. The SMILES string of the molecule is CCCc1c(Br)c(Oc2ccc(Cl)cc2Cl)nc(=N)n1O. The van der Waals surface area contributed by atoms with Crippen LogP contribution in [0.2, 0.25) is 10.0 Å². The molecule has 0 amide bonds. The average molecular weight is 393 g/mol. The Kier molecular flexibility index (Phi) is 5.13. The molecule has 0 fully saturated rings. The molecule has 0 aliphatic rings.